The summed E-state index contributed by atoms with van der Waals surface area (Å²) in [4.78, 5) is 0. The van der Waals surface area contributed by atoms with Crippen LogP contribution < -0.4 is 0 Å². The van der Waals surface area contributed by atoms with Crippen LogP contribution in [0.5, 0.6) is 0 Å². The van der Waals surface area contributed by atoms with Gasteiger partial charge in [0, 0.05) is 12.0 Å². The van der Waals surface area contributed by atoms with Crippen molar-refractivity contribution in [2.24, 2.45) is 0 Å². The SMILES string of the molecule is CCc1ccc(-c2ccc(CC)o2)cc1. The zero-order chi connectivity index (χ0) is 10.7. The van der Waals surface area contributed by atoms with Gasteiger partial charge >= 0.3 is 0 Å². The number of aryl methyl sites for hydroxylation is 2. The van der Waals surface area contributed by atoms with E-state index in [1.165, 1.54) is 5.56 Å². The van der Waals surface area contributed by atoms with Crippen molar-refractivity contribution >= 4 is 0 Å². The minimum Gasteiger partial charge on any atom is -0.461 e. The fourth-order valence-electron chi connectivity index (χ4n) is 1.63. The van der Waals surface area contributed by atoms with Crippen molar-refractivity contribution in [3.8, 4) is 11.3 Å². The second-order valence-corrected chi connectivity index (χ2v) is 3.67. The number of furan rings is 1. The summed E-state index contributed by atoms with van der Waals surface area (Å²) >= 11 is 0. The van der Waals surface area contributed by atoms with Gasteiger partial charge in [0.15, 0.2) is 0 Å². The lowest BCUT2D eigenvalue weighted by molar-refractivity contribution is 0.529. The molecule has 2 rings (SSSR count). The molecule has 0 atom stereocenters. The van der Waals surface area contributed by atoms with Crippen LogP contribution in [0.1, 0.15) is 25.2 Å². The Hall–Kier alpha value is -1.50. The highest BCUT2D eigenvalue weighted by Gasteiger charge is 2.02. The molecule has 0 radical (unpaired) electrons. The van der Waals surface area contributed by atoms with E-state index in [1.807, 2.05) is 12.1 Å². The second-order valence-electron chi connectivity index (χ2n) is 3.67. The third kappa shape index (κ3) is 2.12. The Balaban J connectivity index is 2.28. The molecule has 1 heteroatoms. The first-order valence-corrected chi connectivity index (χ1v) is 5.51. The molecule has 15 heavy (non-hydrogen) atoms. The van der Waals surface area contributed by atoms with E-state index in [0.717, 1.165) is 29.9 Å². The molecule has 0 bridgehead atoms. The molecule has 0 saturated carbocycles. The third-order valence-electron chi connectivity index (χ3n) is 2.66. The van der Waals surface area contributed by atoms with Crippen molar-refractivity contribution in [1.82, 2.24) is 0 Å². The highest BCUT2D eigenvalue weighted by Crippen LogP contribution is 2.22. The first kappa shape index (κ1) is 10.0. The molecule has 1 aromatic carbocycles. The standard InChI is InChI=1S/C14H16O/c1-3-11-5-7-12(8-6-11)14-10-9-13(4-2)15-14/h5-10H,3-4H2,1-2H3. The smallest absolute Gasteiger partial charge is 0.134 e. The summed E-state index contributed by atoms with van der Waals surface area (Å²) < 4.78 is 5.69. The van der Waals surface area contributed by atoms with Crippen molar-refractivity contribution in [3.63, 3.8) is 0 Å². The second kappa shape index (κ2) is 4.35. The molecule has 78 valence electrons. The van der Waals surface area contributed by atoms with Crippen molar-refractivity contribution < 1.29 is 4.42 Å². The fourth-order valence-corrected chi connectivity index (χ4v) is 1.63. The molecule has 0 amide bonds. The summed E-state index contributed by atoms with van der Waals surface area (Å²) in [6, 6.07) is 12.6. The van der Waals surface area contributed by atoms with Gasteiger partial charge in [0.2, 0.25) is 0 Å². The van der Waals surface area contributed by atoms with E-state index in [1.54, 1.807) is 0 Å². The van der Waals surface area contributed by atoms with E-state index in [0.29, 0.717) is 0 Å². The molecule has 0 aliphatic heterocycles. The molecule has 0 aliphatic carbocycles. The molecule has 0 spiro atoms. The normalized spacial score (nSPS) is 10.5. The minimum absolute atomic E-state index is 0.951. The maximum atomic E-state index is 5.69. The largest absolute Gasteiger partial charge is 0.461 e. The number of hydrogen-bond acceptors (Lipinski definition) is 1. The number of hydrogen-bond donors (Lipinski definition) is 0. The molecule has 0 saturated heterocycles. The first-order chi connectivity index (χ1) is 7.33. The zero-order valence-electron chi connectivity index (χ0n) is 9.29. The van der Waals surface area contributed by atoms with Gasteiger partial charge in [-0.2, -0.15) is 0 Å². The molecular weight excluding hydrogens is 184 g/mol. The van der Waals surface area contributed by atoms with Crippen LogP contribution in [0.4, 0.5) is 0 Å². The summed E-state index contributed by atoms with van der Waals surface area (Å²) in [5.41, 5.74) is 2.52. The molecule has 1 nitrogen and oxygen atoms in total. The number of benzene rings is 1. The average Bonchev–Trinajstić information content (AvgIpc) is 2.78. The van der Waals surface area contributed by atoms with Gasteiger partial charge in [0.1, 0.15) is 11.5 Å². The van der Waals surface area contributed by atoms with E-state index in [4.69, 9.17) is 4.42 Å². The predicted molar refractivity (Wildman–Crippen MR) is 62.9 cm³/mol. The van der Waals surface area contributed by atoms with Gasteiger partial charge in [-0.1, -0.05) is 38.1 Å². The Bertz CT molecular complexity index is 423. The van der Waals surface area contributed by atoms with E-state index in [9.17, 15) is 0 Å². The van der Waals surface area contributed by atoms with E-state index in [-0.39, 0.29) is 0 Å². The molecule has 0 fully saturated rings. The Kier molecular flexibility index (Phi) is 2.91. The van der Waals surface area contributed by atoms with Gasteiger partial charge < -0.3 is 4.42 Å². The van der Waals surface area contributed by atoms with Crippen molar-refractivity contribution in [2.45, 2.75) is 26.7 Å². The lowest BCUT2D eigenvalue weighted by Gasteiger charge is -1.99. The van der Waals surface area contributed by atoms with Crippen molar-refractivity contribution in [3.05, 3.63) is 47.7 Å². The van der Waals surface area contributed by atoms with E-state index >= 15 is 0 Å². The fraction of sp³-hybridized carbons (Fsp3) is 0.286. The van der Waals surface area contributed by atoms with Crippen LogP contribution in [0.25, 0.3) is 11.3 Å². The lowest BCUT2D eigenvalue weighted by atomic mass is 10.1. The quantitative estimate of drug-likeness (QED) is 0.727. The van der Waals surface area contributed by atoms with Crippen LogP contribution in [-0.4, -0.2) is 0 Å². The third-order valence-corrected chi connectivity index (χ3v) is 2.66. The van der Waals surface area contributed by atoms with Gasteiger partial charge in [-0.3, -0.25) is 0 Å². The van der Waals surface area contributed by atoms with Crippen molar-refractivity contribution in [1.29, 1.82) is 0 Å². The van der Waals surface area contributed by atoms with Gasteiger partial charge in [0.05, 0.1) is 0 Å². The van der Waals surface area contributed by atoms with E-state index < -0.39 is 0 Å². The van der Waals surface area contributed by atoms with Gasteiger partial charge in [0.25, 0.3) is 0 Å². The number of rotatable bonds is 3. The molecule has 0 unspecified atom stereocenters. The summed E-state index contributed by atoms with van der Waals surface area (Å²) in [7, 11) is 0. The topological polar surface area (TPSA) is 13.1 Å². The van der Waals surface area contributed by atoms with Gasteiger partial charge in [-0.05, 0) is 24.1 Å². The average molecular weight is 200 g/mol. The maximum Gasteiger partial charge on any atom is 0.134 e. The van der Waals surface area contributed by atoms with Crippen LogP contribution in [0.15, 0.2) is 40.8 Å². The first-order valence-electron chi connectivity index (χ1n) is 5.51. The Morgan fingerprint density at radius 2 is 1.60 bits per heavy atom. The Morgan fingerprint density at radius 3 is 2.13 bits per heavy atom. The summed E-state index contributed by atoms with van der Waals surface area (Å²) in [6.45, 7) is 4.26. The van der Waals surface area contributed by atoms with Crippen LogP contribution in [-0.2, 0) is 12.8 Å². The summed E-state index contributed by atoms with van der Waals surface area (Å²) in [5, 5.41) is 0. The molecular formula is C14H16O. The Labute approximate surface area is 90.7 Å². The van der Waals surface area contributed by atoms with Gasteiger partial charge in [-0.15, -0.1) is 0 Å². The monoisotopic (exact) mass is 200 g/mol. The lowest BCUT2D eigenvalue weighted by Crippen LogP contribution is -1.79. The van der Waals surface area contributed by atoms with Gasteiger partial charge in [-0.25, -0.2) is 0 Å². The maximum absolute atomic E-state index is 5.69. The molecule has 0 aliphatic rings. The molecule has 1 aromatic heterocycles. The molecule has 2 aromatic rings. The van der Waals surface area contributed by atoms with Crippen molar-refractivity contribution in [2.75, 3.05) is 0 Å². The highest BCUT2D eigenvalue weighted by atomic mass is 16.3. The summed E-state index contributed by atoms with van der Waals surface area (Å²) in [6.07, 6.45) is 2.03. The minimum atomic E-state index is 0.951. The van der Waals surface area contributed by atoms with Crippen LogP contribution in [0, 0.1) is 0 Å². The van der Waals surface area contributed by atoms with E-state index in [2.05, 4.69) is 38.1 Å². The van der Waals surface area contributed by atoms with Crippen LogP contribution in [0.2, 0.25) is 0 Å². The zero-order valence-corrected chi connectivity index (χ0v) is 9.29. The van der Waals surface area contributed by atoms with Crippen LogP contribution >= 0.6 is 0 Å². The predicted octanol–water partition coefficient (Wildman–Crippen LogP) is 4.07. The highest BCUT2D eigenvalue weighted by molar-refractivity contribution is 5.57. The van der Waals surface area contributed by atoms with Crippen LogP contribution in [0.3, 0.4) is 0 Å². The molecule has 0 N–H and O–H groups in total. The Morgan fingerprint density at radius 1 is 0.867 bits per heavy atom. The summed E-state index contributed by atoms with van der Waals surface area (Å²) in [5.74, 6) is 2.01. The molecule has 1 heterocycles.